The number of carbonyl (C=O) groups is 4. The number of hydrogen-bond acceptors (Lipinski definition) is 8. The highest BCUT2D eigenvalue weighted by Crippen LogP contribution is 1.81. The SMILES string of the molecule is COC(=O)CNC(=O)COCCOCC(=O)NCC(=O)OC. The topological polar surface area (TPSA) is 129 Å². The lowest BCUT2D eigenvalue weighted by atomic mass is 10.5. The molecule has 0 fully saturated rings. The van der Waals surface area contributed by atoms with Gasteiger partial charge in [0.1, 0.15) is 26.3 Å². The molecule has 0 rings (SSSR count). The van der Waals surface area contributed by atoms with Gasteiger partial charge in [-0.05, 0) is 0 Å². The molecule has 0 atom stereocenters. The fourth-order valence-corrected chi connectivity index (χ4v) is 1.04. The predicted octanol–water partition coefficient (Wildman–Crippen LogP) is -2.40. The second kappa shape index (κ2) is 12.5. The number of esters is 2. The van der Waals surface area contributed by atoms with E-state index in [-0.39, 0.29) is 39.5 Å². The number of nitrogens with one attached hydrogen (secondary N) is 2. The van der Waals surface area contributed by atoms with E-state index in [1.807, 2.05) is 0 Å². The standard InChI is InChI=1S/C12H20N2O8/c1-19-11(17)5-13-9(15)7-21-3-4-22-8-10(16)14-6-12(18)20-2/h3-8H2,1-2H3,(H,13,15)(H,14,16). The Hall–Kier alpha value is -2.20. The van der Waals surface area contributed by atoms with Crippen molar-refractivity contribution >= 4 is 23.8 Å². The first-order chi connectivity index (χ1) is 10.5. The lowest BCUT2D eigenvalue weighted by molar-refractivity contribution is -0.142. The molecule has 0 aliphatic rings. The van der Waals surface area contributed by atoms with E-state index in [9.17, 15) is 19.2 Å². The third-order valence-corrected chi connectivity index (χ3v) is 2.15. The van der Waals surface area contributed by atoms with Crippen LogP contribution in [0.3, 0.4) is 0 Å². The van der Waals surface area contributed by atoms with Crippen LogP contribution in [0, 0.1) is 0 Å². The Morgan fingerprint density at radius 2 is 1.09 bits per heavy atom. The number of amides is 2. The zero-order chi connectivity index (χ0) is 16.8. The minimum atomic E-state index is -0.561. The Kier molecular flexibility index (Phi) is 11.3. The summed E-state index contributed by atoms with van der Waals surface area (Å²) in [5.41, 5.74) is 0. The molecule has 0 radical (unpaired) electrons. The van der Waals surface area contributed by atoms with Crippen LogP contribution in [-0.4, -0.2) is 77.5 Å². The Morgan fingerprint density at radius 1 is 0.727 bits per heavy atom. The summed E-state index contributed by atoms with van der Waals surface area (Å²) in [5.74, 6) is -2.06. The van der Waals surface area contributed by atoms with Crippen molar-refractivity contribution in [3.05, 3.63) is 0 Å². The van der Waals surface area contributed by atoms with E-state index >= 15 is 0 Å². The third kappa shape index (κ3) is 11.6. The van der Waals surface area contributed by atoms with Gasteiger partial charge in [-0.25, -0.2) is 0 Å². The van der Waals surface area contributed by atoms with Gasteiger partial charge >= 0.3 is 11.9 Å². The van der Waals surface area contributed by atoms with E-state index in [4.69, 9.17) is 9.47 Å². The van der Waals surface area contributed by atoms with E-state index in [0.717, 1.165) is 0 Å². The molecule has 0 aromatic rings. The number of rotatable bonds is 11. The molecule has 0 aromatic carbocycles. The fraction of sp³-hybridized carbons (Fsp3) is 0.667. The number of ether oxygens (including phenoxy) is 4. The van der Waals surface area contributed by atoms with Crippen LogP contribution in [-0.2, 0) is 38.1 Å². The highest BCUT2D eigenvalue weighted by Gasteiger charge is 2.06. The normalized spacial score (nSPS) is 9.73. The second-order valence-corrected chi connectivity index (χ2v) is 3.81. The molecular weight excluding hydrogens is 300 g/mol. The molecule has 22 heavy (non-hydrogen) atoms. The van der Waals surface area contributed by atoms with Gasteiger partial charge in [0, 0.05) is 0 Å². The maximum atomic E-state index is 11.2. The zero-order valence-corrected chi connectivity index (χ0v) is 12.5. The van der Waals surface area contributed by atoms with Gasteiger partial charge in [-0.2, -0.15) is 0 Å². The Bertz CT molecular complexity index is 349. The molecule has 0 saturated heterocycles. The van der Waals surface area contributed by atoms with Crippen LogP contribution in [0.2, 0.25) is 0 Å². The zero-order valence-electron chi connectivity index (χ0n) is 12.5. The average molecular weight is 320 g/mol. The molecule has 10 nitrogen and oxygen atoms in total. The van der Waals surface area contributed by atoms with Gasteiger partial charge in [0.15, 0.2) is 0 Å². The quantitative estimate of drug-likeness (QED) is 0.318. The third-order valence-electron chi connectivity index (χ3n) is 2.15. The molecule has 0 heterocycles. The van der Waals surface area contributed by atoms with Gasteiger partial charge in [-0.15, -0.1) is 0 Å². The predicted molar refractivity (Wildman–Crippen MR) is 71.7 cm³/mol. The van der Waals surface area contributed by atoms with Crippen LogP contribution in [0.5, 0.6) is 0 Å². The van der Waals surface area contributed by atoms with Crippen molar-refractivity contribution in [1.29, 1.82) is 0 Å². The molecule has 0 spiro atoms. The van der Waals surface area contributed by atoms with Gasteiger partial charge in [-0.3, -0.25) is 19.2 Å². The Labute approximate surface area is 127 Å². The highest BCUT2D eigenvalue weighted by molar-refractivity contribution is 5.83. The summed E-state index contributed by atoms with van der Waals surface area (Å²) in [7, 11) is 2.42. The molecule has 10 heteroatoms. The van der Waals surface area contributed by atoms with Gasteiger partial charge in [-0.1, -0.05) is 0 Å². The summed E-state index contributed by atoms with van der Waals surface area (Å²) >= 11 is 0. The largest absolute Gasteiger partial charge is 0.468 e. The Balaban J connectivity index is 3.46. The molecule has 2 N–H and O–H groups in total. The van der Waals surface area contributed by atoms with E-state index < -0.39 is 23.8 Å². The van der Waals surface area contributed by atoms with Crippen LogP contribution in [0.15, 0.2) is 0 Å². The smallest absolute Gasteiger partial charge is 0.325 e. The van der Waals surface area contributed by atoms with Gasteiger partial charge in [0.05, 0.1) is 27.4 Å². The minimum Gasteiger partial charge on any atom is -0.468 e. The molecule has 0 bridgehead atoms. The molecule has 0 unspecified atom stereocenters. The summed E-state index contributed by atoms with van der Waals surface area (Å²) < 4.78 is 18.6. The molecule has 126 valence electrons. The number of hydrogen-bond donors (Lipinski definition) is 2. The van der Waals surface area contributed by atoms with Crippen molar-refractivity contribution < 1.29 is 38.1 Å². The lowest BCUT2D eigenvalue weighted by Gasteiger charge is -2.07. The maximum absolute atomic E-state index is 11.2. The summed E-state index contributed by atoms with van der Waals surface area (Å²) in [5, 5.41) is 4.58. The molecule has 0 aromatic heterocycles. The van der Waals surface area contributed by atoms with Gasteiger partial charge < -0.3 is 29.6 Å². The van der Waals surface area contributed by atoms with Gasteiger partial charge in [0.25, 0.3) is 0 Å². The van der Waals surface area contributed by atoms with Crippen LogP contribution >= 0.6 is 0 Å². The van der Waals surface area contributed by atoms with E-state index in [2.05, 4.69) is 20.1 Å². The first-order valence-corrected chi connectivity index (χ1v) is 6.32. The summed E-state index contributed by atoms with van der Waals surface area (Å²) in [6.45, 7) is -0.749. The monoisotopic (exact) mass is 320 g/mol. The first kappa shape index (κ1) is 19.8. The van der Waals surface area contributed by atoms with Crippen LogP contribution in [0.4, 0.5) is 0 Å². The number of methoxy groups -OCH3 is 2. The van der Waals surface area contributed by atoms with E-state index in [1.165, 1.54) is 14.2 Å². The highest BCUT2D eigenvalue weighted by atomic mass is 16.5. The summed E-state index contributed by atoms with van der Waals surface area (Å²) in [6, 6.07) is 0. The molecule has 0 aliphatic heterocycles. The van der Waals surface area contributed by atoms with Gasteiger partial charge in [0.2, 0.25) is 11.8 Å². The van der Waals surface area contributed by atoms with Crippen LogP contribution in [0.1, 0.15) is 0 Å². The lowest BCUT2D eigenvalue weighted by Crippen LogP contribution is -2.34. The maximum Gasteiger partial charge on any atom is 0.325 e. The average Bonchev–Trinajstić information content (AvgIpc) is 2.53. The van der Waals surface area contributed by atoms with Crippen LogP contribution < -0.4 is 10.6 Å². The number of carbonyl (C=O) groups excluding carboxylic acids is 4. The van der Waals surface area contributed by atoms with Crippen molar-refractivity contribution in [2.45, 2.75) is 0 Å². The van der Waals surface area contributed by atoms with Crippen molar-refractivity contribution in [3.63, 3.8) is 0 Å². The molecule has 0 aliphatic carbocycles. The summed E-state index contributed by atoms with van der Waals surface area (Å²) in [6.07, 6.45) is 0. The molecule has 2 amide bonds. The second-order valence-electron chi connectivity index (χ2n) is 3.81. The minimum absolute atomic E-state index is 0.0932. The van der Waals surface area contributed by atoms with Crippen LogP contribution in [0.25, 0.3) is 0 Å². The van der Waals surface area contributed by atoms with Crippen molar-refractivity contribution in [2.75, 3.05) is 53.7 Å². The fourth-order valence-electron chi connectivity index (χ4n) is 1.04. The van der Waals surface area contributed by atoms with E-state index in [0.29, 0.717) is 0 Å². The molecule has 0 saturated carbocycles. The summed E-state index contributed by atoms with van der Waals surface area (Å²) in [4.78, 5) is 43.9. The van der Waals surface area contributed by atoms with Crippen molar-refractivity contribution in [3.8, 4) is 0 Å². The molecular formula is C12H20N2O8. The van der Waals surface area contributed by atoms with Crippen molar-refractivity contribution in [2.24, 2.45) is 0 Å². The Morgan fingerprint density at radius 3 is 1.41 bits per heavy atom. The first-order valence-electron chi connectivity index (χ1n) is 6.32. The van der Waals surface area contributed by atoms with Crippen molar-refractivity contribution in [1.82, 2.24) is 10.6 Å². The van der Waals surface area contributed by atoms with E-state index in [1.54, 1.807) is 0 Å².